The van der Waals surface area contributed by atoms with Crippen LogP contribution in [0, 0.1) is 46.9 Å². The molecule has 0 aromatic heterocycles. The molecular formula is HO3VYYb. The summed E-state index contributed by atoms with van der Waals surface area (Å²) in [5.74, 6) is 0. The molecule has 1 radical (unpaired) electrons. The summed E-state index contributed by atoms with van der Waals surface area (Å²) in [6, 6.07) is 0. The Morgan fingerprint density at radius 1 is 1.33 bits per heavy atom. The summed E-state index contributed by atoms with van der Waals surface area (Å²) in [4.78, 5) is 0. The van der Waals surface area contributed by atoms with Gasteiger partial charge in [0, 0.05) is 79.6 Å². The molecule has 0 aromatic carbocycles. The van der Waals surface area contributed by atoms with Crippen molar-refractivity contribution in [3.05, 3.63) is 0 Å². The molecule has 41 valence electrons. The molecule has 6 heteroatoms. The van der Waals surface area contributed by atoms with E-state index in [1.807, 2.05) is 0 Å². The molecule has 0 rings (SSSR count). The third-order valence-corrected chi connectivity index (χ3v) is 0. The van der Waals surface area contributed by atoms with E-state index in [1.54, 1.807) is 0 Å². The Bertz CT molecular complexity index is 59.2. The van der Waals surface area contributed by atoms with Gasteiger partial charge in [-0.15, -0.1) is 0 Å². The van der Waals surface area contributed by atoms with Crippen LogP contribution in [0.15, 0.2) is 0 Å². The summed E-state index contributed by atoms with van der Waals surface area (Å²) in [5, 5.41) is 0. The summed E-state index contributed by atoms with van der Waals surface area (Å²) in [6.45, 7) is 0. The molecule has 0 amide bonds. The van der Waals surface area contributed by atoms with Crippen LogP contribution >= 0.6 is 0 Å². The molecule has 6 heavy (non-hydrogen) atoms. The molecule has 0 aromatic rings. The first-order chi connectivity index (χ1) is 1.73. The summed E-state index contributed by atoms with van der Waals surface area (Å²) >= 11 is -3.69. The van der Waals surface area contributed by atoms with Crippen LogP contribution in [0.3, 0.4) is 0 Å². The zero-order valence-corrected chi connectivity index (χ0v) is 8.51. The third kappa shape index (κ3) is 29.4. The van der Waals surface area contributed by atoms with Crippen LogP contribution in [-0.4, -0.2) is 4.03 Å². The fraction of sp³-hybridized carbons (Fsp3) is 0. The maximum atomic E-state index is 8.67. The zero-order valence-electron chi connectivity index (χ0n) is 2.56. The smallest absolute Gasteiger partial charge is 0 e. The van der Waals surface area contributed by atoms with Crippen molar-refractivity contribution in [2.24, 2.45) is 0 Å². The average Bonchev–Trinajstić information content (AvgIpc) is 0.811. The first-order valence-corrected chi connectivity index (χ1v) is 2.33. The maximum Gasteiger partial charge on any atom is 0 e. The molecule has 0 aliphatic rings. The second-order valence-corrected chi connectivity index (χ2v) is 0.981. The van der Waals surface area contributed by atoms with E-state index in [0.29, 0.717) is 0 Å². The molecule has 0 unspecified atom stereocenters. The van der Waals surface area contributed by atoms with E-state index >= 15 is 0 Å². The molecule has 0 aliphatic carbocycles. The third-order valence-electron chi connectivity index (χ3n) is 0. The molecule has 0 saturated carbocycles. The Balaban J connectivity index is -0.0000000450. The number of hydrogen-bond donors (Lipinski definition) is 1. The first kappa shape index (κ1) is 15.9. The van der Waals surface area contributed by atoms with E-state index in [2.05, 4.69) is 0 Å². The van der Waals surface area contributed by atoms with E-state index in [0.717, 1.165) is 0 Å². The van der Waals surface area contributed by atoms with Crippen LogP contribution in [0.25, 0.3) is 0 Å². The monoisotopic (exact) mass is 363 g/mol. The Kier molecular flexibility index (Phi) is 28.3. The summed E-state index contributed by atoms with van der Waals surface area (Å²) in [6.07, 6.45) is 0. The molecule has 0 heterocycles. The minimum atomic E-state index is -3.69. The van der Waals surface area contributed by atoms with E-state index in [9.17, 15) is 0 Å². The molecule has 0 spiro atoms. The molecular weight excluding hydrogens is 361 g/mol. The predicted octanol–water partition coefficient (Wildman–Crippen LogP) is -0.800. The Morgan fingerprint density at radius 2 is 1.33 bits per heavy atom. The molecule has 0 aliphatic heterocycles. The van der Waals surface area contributed by atoms with E-state index in [4.69, 9.17) is 11.4 Å². The van der Waals surface area contributed by atoms with Gasteiger partial charge in [-0.2, -0.15) is 0 Å². The van der Waals surface area contributed by atoms with Crippen molar-refractivity contribution in [1.29, 1.82) is 0 Å². The second kappa shape index (κ2) is 10.7. The van der Waals surface area contributed by atoms with Crippen molar-refractivity contribution in [3.8, 4) is 0 Å². The minimum Gasteiger partial charge on any atom is 0 e. The zero-order chi connectivity index (χ0) is 3.58. The Morgan fingerprint density at radius 3 is 1.33 bits per heavy atom. The van der Waals surface area contributed by atoms with Crippen molar-refractivity contribution in [3.63, 3.8) is 0 Å². The van der Waals surface area contributed by atoms with Crippen LogP contribution in [0.5, 0.6) is 0 Å². The van der Waals surface area contributed by atoms with Gasteiger partial charge in [0.05, 0.1) is 0 Å². The van der Waals surface area contributed by atoms with Gasteiger partial charge < -0.3 is 0 Å². The van der Waals surface area contributed by atoms with Gasteiger partial charge in [0.25, 0.3) is 0 Å². The summed E-state index contributed by atoms with van der Waals surface area (Å²) < 4.78 is 24.4. The quantitative estimate of drug-likeness (QED) is 0.614. The average molecular weight is 362 g/mol. The van der Waals surface area contributed by atoms with Crippen molar-refractivity contribution >= 4 is 0 Å². The predicted molar refractivity (Wildman–Crippen MR) is 3.59 cm³/mol. The molecule has 0 bridgehead atoms. The van der Waals surface area contributed by atoms with Gasteiger partial charge >= 0.3 is 26.8 Å². The number of rotatable bonds is 0. The van der Waals surface area contributed by atoms with Gasteiger partial charge in [0.15, 0.2) is 0 Å². The summed E-state index contributed by atoms with van der Waals surface area (Å²) in [5.41, 5.74) is 0. The van der Waals surface area contributed by atoms with Gasteiger partial charge in [0.1, 0.15) is 0 Å². The SMILES string of the molecule is [O]=[V](=[O])[OH].[Y].[Yb]. The van der Waals surface area contributed by atoms with Crippen LogP contribution in [0.1, 0.15) is 0 Å². The maximum absolute atomic E-state index is 8.67. The van der Waals surface area contributed by atoms with E-state index in [1.165, 1.54) is 0 Å². The van der Waals surface area contributed by atoms with Crippen LogP contribution in [-0.2, 0) is 55.5 Å². The van der Waals surface area contributed by atoms with Crippen molar-refractivity contribution in [1.82, 2.24) is 0 Å². The fourth-order valence-electron chi connectivity index (χ4n) is 0. The Labute approximate surface area is 104 Å². The van der Waals surface area contributed by atoms with Crippen LogP contribution in [0.2, 0.25) is 0 Å². The minimum absolute atomic E-state index is 0. The standard InChI is InChI=1S/H2O.2O.V.Y.Yb/h1H2;;;;;/q;;;+1;;/p-1. The number of hydrogen-bond acceptors (Lipinski definition) is 2. The van der Waals surface area contributed by atoms with Gasteiger partial charge in [-0.3, -0.25) is 0 Å². The van der Waals surface area contributed by atoms with Crippen molar-refractivity contribution in [2.75, 3.05) is 0 Å². The summed E-state index contributed by atoms with van der Waals surface area (Å²) in [7, 11) is 0. The molecule has 3 nitrogen and oxygen atoms in total. The Hall–Kier alpha value is 2.77. The van der Waals surface area contributed by atoms with Gasteiger partial charge in [-0.25, -0.2) is 0 Å². The van der Waals surface area contributed by atoms with Gasteiger partial charge in [-0.1, -0.05) is 0 Å². The first-order valence-electron chi connectivity index (χ1n) is 0.565. The van der Waals surface area contributed by atoms with Crippen molar-refractivity contribution < 1.29 is 106 Å². The second-order valence-electron chi connectivity index (χ2n) is 0.238. The van der Waals surface area contributed by atoms with Crippen LogP contribution in [0.4, 0.5) is 0 Å². The molecule has 0 atom stereocenters. The van der Waals surface area contributed by atoms with Crippen molar-refractivity contribution in [2.45, 2.75) is 0 Å². The molecule has 0 saturated heterocycles. The molecule has 0 fully saturated rings. The topological polar surface area (TPSA) is 54.4 Å². The van der Waals surface area contributed by atoms with E-state index in [-0.39, 0.29) is 79.6 Å². The van der Waals surface area contributed by atoms with Gasteiger partial charge in [0.2, 0.25) is 0 Å². The van der Waals surface area contributed by atoms with Gasteiger partial charge in [-0.05, 0) is 0 Å². The van der Waals surface area contributed by atoms with E-state index < -0.39 is 15.4 Å². The largest absolute Gasteiger partial charge is 0 e. The molecule has 1 N–H and O–H groups in total. The fourth-order valence-corrected chi connectivity index (χ4v) is 0. The normalized spacial score (nSPS) is 4.17. The van der Waals surface area contributed by atoms with Crippen LogP contribution < -0.4 is 0 Å².